The summed E-state index contributed by atoms with van der Waals surface area (Å²) in [6.07, 6.45) is 5.28. The molecule has 1 atom stereocenters. The highest BCUT2D eigenvalue weighted by molar-refractivity contribution is 5.63. The third-order valence-corrected chi connectivity index (χ3v) is 6.21. The Morgan fingerprint density at radius 1 is 0.812 bits per heavy atom. The van der Waals surface area contributed by atoms with E-state index in [1.165, 1.54) is 11.1 Å². The number of anilines is 1. The van der Waals surface area contributed by atoms with Crippen LogP contribution in [0.1, 0.15) is 37.6 Å². The summed E-state index contributed by atoms with van der Waals surface area (Å²) in [6, 6.07) is 22.9. The van der Waals surface area contributed by atoms with Crippen molar-refractivity contribution in [3.8, 4) is 16.9 Å². The van der Waals surface area contributed by atoms with Gasteiger partial charge in [-0.1, -0.05) is 63.2 Å². The smallest absolute Gasteiger partial charge is 0.219 e. The molecule has 1 unspecified atom stereocenters. The van der Waals surface area contributed by atoms with Crippen LogP contribution in [0.2, 0.25) is 0 Å². The van der Waals surface area contributed by atoms with Gasteiger partial charge in [0.1, 0.15) is 12.4 Å². The zero-order valence-corrected chi connectivity index (χ0v) is 18.7. The van der Waals surface area contributed by atoms with Gasteiger partial charge in [-0.15, -0.1) is 0 Å². The lowest BCUT2D eigenvalue weighted by atomic mass is 9.68. The molecule has 0 spiro atoms. The maximum Gasteiger partial charge on any atom is 0.219 e. The molecule has 0 fully saturated rings. The van der Waals surface area contributed by atoms with Gasteiger partial charge in [-0.2, -0.15) is 0 Å². The Bertz CT molecular complexity index is 1140. The van der Waals surface area contributed by atoms with Gasteiger partial charge in [0.25, 0.3) is 0 Å². The lowest BCUT2D eigenvalue weighted by Crippen LogP contribution is -2.30. The number of ether oxygens (including phenoxy) is 1. The maximum atomic E-state index is 5.92. The van der Waals surface area contributed by atoms with E-state index in [2.05, 4.69) is 72.1 Å². The number of nitrogens with zero attached hydrogens (tertiary/aromatic N) is 3. The van der Waals surface area contributed by atoms with Crippen LogP contribution in [0.15, 0.2) is 85.3 Å². The number of nitrogen functional groups attached to an aromatic ring is 1. The minimum absolute atomic E-state index is 0.143. The van der Waals surface area contributed by atoms with E-state index in [4.69, 9.17) is 10.5 Å². The molecule has 0 aliphatic carbocycles. The first-order chi connectivity index (χ1) is 15.5. The summed E-state index contributed by atoms with van der Waals surface area (Å²) in [5.74, 6) is 1.52. The summed E-state index contributed by atoms with van der Waals surface area (Å²) in [6.45, 7) is 7.26. The summed E-state index contributed by atoms with van der Waals surface area (Å²) in [5, 5.41) is 0. The molecule has 0 aliphatic rings. The Balaban J connectivity index is 1.55. The highest BCUT2D eigenvalue weighted by Crippen LogP contribution is 2.40. The number of benzene rings is 2. The van der Waals surface area contributed by atoms with E-state index in [1.807, 2.05) is 30.3 Å². The van der Waals surface area contributed by atoms with Crippen molar-refractivity contribution in [2.24, 2.45) is 5.92 Å². The first kappa shape index (κ1) is 21.5. The van der Waals surface area contributed by atoms with Crippen molar-refractivity contribution in [1.82, 2.24) is 15.0 Å². The van der Waals surface area contributed by atoms with Crippen LogP contribution in [-0.2, 0) is 12.0 Å². The van der Waals surface area contributed by atoms with E-state index in [0.29, 0.717) is 12.5 Å². The molecule has 4 aromatic rings. The topological polar surface area (TPSA) is 73.9 Å². The molecule has 0 amide bonds. The van der Waals surface area contributed by atoms with Gasteiger partial charge in [0, 0.05) is 29.6 Å². The van der Waals surface area contributed by atoms with Gasteiger partial charge >= 0.3 is 0 Å². The Kier molecular flexibility index (Phi) is 6.17. The molecule has 5 nitrogen and oxygen atoms in total. The van der Waals surface area contributed by atoms with Gasteiger partial charge in [-0.25, -0.2) is 9.97 Å². The van der Waals surface area contributed by atoms with Crippen molar-refractivity contribution in [1.29, 1.82) is 0 Å². The predicted octanol–water partition coefficient (Wildman–Crippen LogP) is 5.66. The summed E-state index contributed by atoms with van der Waals surface area (Å²) in [5.41, 5.74) is 10.9. The standard InChI is InChI=1S/C27H28N4O/c1-19(2)27(3,22-9-7-20(8-10-22)21-16-30-26(28)31-17-21)23-11-13-25(14-12-23)32-18-24-6-4-5-15-29-24/h4-17,19H,18H2,1-3H3,(H2,28,30,31). The third-order valence-electron chi connectivity index (χ3n) is 6.21. The molecule has 0 radical (unpaired) electrons. The Morgan fingerprint density at radius 3 is 2.00 bits per heavy atom. The molecule has 0 bridgehead atoms. The highest BCUT2D eigenvalue weighted by Gasteiger charge is 2.32. The van der Waals surface area contributed by atoms with Crippen molar-refractivity contribution >= 4 is 5.95 Å². The average molecular weight is 425 g/mol. The second-order valence-electron chi connectivity index (χ2n) is 8.40. The van der Waals surface area contributed by atoms with Crippen molar-refractivity contribution in [3.63, 3.8) is 0 Å². The molecule has 2 heterocycles. The van der Waals surface area contributed by atoms with Gasteiger partial charge in [0.05, 0.1) is 5.69 Å². The van der Waals surface area contributed by atoms with Crippen LogP contribution in [0, 0.1) is 5.92 Å². The fraction of sp³-hybridized carbons (Fsp3) is 0.222. The number of nitrogens with two attached hydrogens (primary N) is 1. The maximum absolute atomic E-state index is 5.92. The Labute approximate surface area is 189 Å². The van der Waals surface area contributed by atoms with Crippen LogP contribution in [-0.4, -0.2) is 15.0 Å². The first-order valence-corrected chi connectivity index (χ1v) is 10.8. The molecule has 32 heavy (non-hydrogen) atoms. The number of hydrogen-bond acceptors (Lipinski definition) is 5. The molecule has 0 aliphatic heterocycles. The van der Waals surface area contributed by atoms with Crippen LogP contribution >= 0.6 is 0 Å². The normalized spacial score (nSPS) is 13.0. The van der Waals surface area contributed by atoms with E-state index >= 15 is 0 Å². The van der Waals surface area contributed by atoms with Gasteiger partial charge in [0.15, 0.2) is 0 Å². The molecular weight excluding hydrogens is 396 g/mol. The number of hydrogen-bond donors (Lipinski definition) is 1. The first-order valence-electron chi connectivity index (χ1n) is 10.8. The van der Waals surface area contributed by atoms with Gasteiger partial charge in [-0.3, -0.25) is 4.98 Å². The van der Waals surface area contributed by atoms with Crippen LogP contribution < -0.4 is 10.5 Å². The van der Waals surface area contributed by atoms with E-state index in [1.54, 1.807) is 18.6 Å². The Hall–Kier alpha value is -3.73. The minimum Gasteiger partial charge on any atom is -0.487 e. The molecule has 4 rings (SSSR count). The third kappa shape index (κ3) is 4.47. The number of pyridine rings is 1. The quantitative estimate of drug-likeness (QED) is 0.414. The number of aromatic nitrogens is 3. The van der Waals surface area contributed by atoms with E-state index in [9.17, 15) is 0 Å². The van der Waals surface area contributed by atoms with E-state index in [-0.39, 0.29) is 11.4 Å². The number of rotatable bonds is 7. The monoisotopic (exact) mass is 424 g/mol. The Morgan fingerprint density at radius 2 is 1.44 bits per heavy atom. The van der Waals surface area contributed by atoms with Crippen LogP contribution in [0.3, 0.4) is 0 Å². The van der Waals surface area contributed by atoms with Crippen LogP contribution in [0.4, 0.5) is 5.95 Å². The summed E-state index contributed by atoms with van der Waals surface area (Å²) in [7, 11) is 0. The van der Waals surface area contributed by atoms with Crippen molar-refractivity contribution in [2.75, 3.05) is 5.73 Å². The fourth-order valence-corrected chi connectivity index (χ4v) is 3.87. The van der Waals surface area contributed by atoms with E-state index in [0.717, 1.165) is 22.6 Å². The van der Waals surface area contributed by atoms with Crippen LogP contribution in [0.5, 0.6) is 5.75 Å². The molecule has 162 valence electrons. The molecular formula is C27H28N4O. The van der Waals surface area contributed by atoms with Gasteiger partial charge in [0.2, 0.25) is 5.95 Å². The average Bonchev–Trinajstić information content (AvgIpc) is 2.84. The molecule has 0 saturated carbocycles. The summed E-state index contributed by atoms with van der Waals surface area (Å²) < 4.78 is 5.92. The minimum atomic E-state index is -0.143. The lowest BCUT2D eigenvalue weighted by Gasteiger charge is -2.35. The molecule has 2 aromatic heterocycles. The van der Waals surface area contributed by atoms with Crippen molar-refractivity contribution in [3.05, 3.63) is 102 Å². The van der Waals surface area contributed by atoms with Gasteiger partial charge < -0.3 is 10.5 Å². The van der Waals surface area contributed by atoms with Crippen molar-refractivity contribution in [2.45, 2.75) is 32.8 Å². The predicted molar refractivity (Wildman–Crippen MR) is 128 cm³/mol. The largest absolute Gasteiger partial charge is 0.487 e. The summed E-state index contributed by atoms with van der Waals surface area (Å²) in [4.78, 5) is 12.5. The molecule has 0 saturated heterocycles. The lowest BCUT2D eigenvalue weighted by molar-refractivity contribution is 0.301. The zero-order valence-electron chi connectivity index (χ0n) is 18.7. The zero-order chi connectivity index (χ0) is 22.6. The van der Waals surface area contributed by atoms with Gasteiger partial charge in [-0.05, 0) is 46.9 Å². The second kappa shape index (κ2) is 9.18. The fourth-order valence-electron chi connectivity index (χ4n) is 3.87. The second-order valence-corrected chi connectivity index (χ2v) is 8.40. The highest BCUT2D eigenvalue weighted by atomic mass is 16.5. The molecule has 2 N–H and O–H groups in total. The molecule has 2 aromatic carbocycles. The van der Waals surface area contributed by atoms with Crippen molar-refractivity contribution < 1.29 is 4.74 Å². The molecule has 5 heteroatoms. The SMILES string of the molecule is CC(C)C(C)(c1ccc(OCc2ccccn2)cc1)c1ccc(-c2cnc(N)nc2)cc1. The van der Waals surface area contributed by atoms with E-state index < -0.39 is 0 Å². The van der Waals surface area contributed by atoms with Crippen LogP contribution in [0.25, 0.3) is 11.1 Å². The summed E-state index contributed by atoms with van der Waals surface area (Å²) >= 11 is 0.